The number of urea groups is 1. The number of amides is 2. The highest BCUT2D eigenvalue weighted by molar-refractivity contribution is 5.95. The Morgan fingerprint density at radius 2 is 1.91 bits per heavy atom. The second kappa shape index (κ2) is 8.62. The summed E-state index contributed by atoms with van der Waals surface area (Å²) < 4.78 is 34.3. The van der Waals surface area contributed by atoms with Gasteiger partial charge in [-0.1, -0.05) is 18.2 Å². The number of carbonyl (C=O) groups is 2. The van der Waals surface area contributed by atoms with E-state index in [4.69, 9.17) is 4.74 Å². The quantitative estimate of drug-likeness (QED) is 0.590. The zero-order chi connectivity index (χ0) is 22.8. The number of nitrogens with one attached hydrogen (secondary N) is 2. The van der Waals surface area contributed by atoms with E-state index in [-0.39, 0.29) is 17.9 Å². The molecule has 1 aromatic heterocycles. The number of allylic oxidation sites excluding steroid dienone is 1. The van der Waals surface area contributed by atoms with Gasteiger partial charge in [0.05, 0.1) is 29.6 Å². The summed E-state index contributed by atoms with van der Waals surface area (Å²) in [6.45, 7) is 3.42. The topological polar surface area (TPSA) is 85.2 Å². The molecule has 2 heterocycles. The van der Waals surface area contributed by atoms with Gasteiger partial charge in [-0.05, 0) is 44.2 Å². The van der Waals surface area contributed by atoms with Crippen molar-refractivity contribution in [3.63, 3.8) is 0 Å². The fourth-order valence-electron chi connectivity index (χ4n) is 3.59. The van der Waals surface area contributed by atoms with Crippen molar-refractivity contribution in [2.24, 2.45) is 0 Å². The average Bonchev–Trinajstić information content (AvgIpc) is 3.21. The molecule has 4 rings (SSSR count). The summed E-state index contributed by atoms with van der Waals surface area (Å²) in [6.07, 6.45) is 1.65. The Hall–Kier alpha value is -4.01. The van der Waals surface area contributed by atoms with Crippen molar-refractivity contribution in [3.05, 3.63) is 83.2 Å². The van der Waals surface area contributed by atoms with Crippen LogP contribution in [0.3, 0.4) is 0 Å². The third kappa shape index (κ3) is 3.96. The van der Waals surface area contributed by atoms with Gasteiger partial charge in [-0.15, -0.1) is 0 Å². The molecule has 0 fully saturated rings. The van der Waals surface area contributed by atoms with Crippen LogP contribution < -0.4 is 10.6 Å². The molecule has 1 aliphatic rings. The van der Waals surface area contributed by atoms with E-state index >= 15 is 0 Å². The van der Waals surface area contributed by atoms with Crippen molar-refractivity contribution in [1.29, 1.82) is 0 Å². The van der Waals surface area contributed by atoms with Crippen LogP contribution >= 0.6 is 0 Å². The summed E-state index contributed by atoms with van der Waals surface area (Å²) in [7, 11) is 0. The fourth-order valence-corrected chi connectivity index (χ4v) is 3.59. The van der Waals surface area contributed by atoms with Crippen molar-refractivity contribution in [1.82, 2.24) is 20.4 Å². The lowest BCUT2D eigenvalue weighted by Crippen LogP contribution is -2.45. The molecule has 0 saturated heterocycles. The normalized spacial score (nSPS) is 15.9. The highest BCUT2D eigenvalue weighted by Crippen LogP contribution is 2.35. The van der Waals surface area contributed by atoms with Gasteiger partial charge >= 0.3 is 12.0 Å². The highest BCUT2D eigenvalue weighted by Gasteiger charge is 2.35. The van der Waals surface area contributed by atoms with Gasteiger partial charge in [0.15, 0.2) is 11.6 Å². The van der Waals surface area contributed by atoms with Gasteiger partial charge in [-0.2, -0.15) is 5.10 Å². The maximum absolute atomic E-state index is 14.0. The molecular formula is C23H20F2N4O3. The van der Waals surface area contributed by atoms with Crippen molar-refractivity contribution >= 4 is 12.0 Å². The maximum Gasteiger partial charge on any atom is 0.338 e. The first-order chi connectivity index (χ1) is 15.4. The number of esters is 1. The number of hydrogen-bond acceptors (Lipinski definition) is 4. The highest BCUT2D eigenvalue weighted by atomic mass is 19.2. The number of halogens is 2. The number of aromatic nitrogens is 2. The zero-order valence-electron chi connectivity index (χ0n) is 17.4. The summed E-state index contributed by atoms with van der Waals surface area (Å²) in [5.74, 6) is -2.63. The average molecular weight is 438 g/mol. The Morgan fingerprint density at radius 3 is 2.59 bits per heavy atom. The zero-order valence-corrected chi connectivity index (χ0v) is 17.4. The van der Waals surface area contributed by atoms with Gasteiger partial charge in [-0.3, -0.25) is 0 Å². The Balaban J connectivity index is 1.92. The maximum atomic E-state index is 14.0. The fraction of sp³-hybridized carbons (Fsp3) is 0.174. The molecule has 7 nitrogen and oxygen atoms in total. The van der Waals surface area contributed by atoms with Crippen LogP contribution in [0.1, 0.15) is 25.5 Å². The standard InChI is InChI=1S/C23H20F2N4O3/c1-3-32-22(30)19-13(2)26-23(31)27-21(19)16-12-29(15-7-5-4-6-8-15)28-20(16)14-9-10-17(24)18(25)11-14/h4-12,21H,3H2,1-2H3,(H2,26,27,31). The molecule has 2 N–H and O–H groups in total. The summed E-state index contributed by atoms with van der Waals surface area (Å²) in [6, 6.07) is 11.1. The third-order valence-electron chi connectivity index (χ3n) is 5.03. The summed E-state index contributed by atoms with van der Waals surface area (Å²) in [4.78, 5) is 25.0. The largest absolute Gasteiger partial charge is 0.463 e. The molecule has 0 aliphatic carbocycles. The molecule has 0 bridgehead atoms. The molecule has 0 saturated carbocycles. The Kier molecular flexibility index (Phi) is 5.72. The molecule has 3 aromatic rings. The third-order valence-corrected chi connectivity index (χ3v) is 5.03. The van der Waals surface area contributed by atoms with E-state index in [1.807, 2.05) is 30.3 Å². The van der Waals surface area contributed by atoms with E-state index in [0.717, 1.165) is 12.1 Å². The molecule has 2 aromatic carbocycles. The van der Waals surface area contributed by atoms with Crippen molar-refractivity contribution < 1.29 is 23.1 Å². The van der Waals surface area contributed by atoms with Crippen molar-refractivity contribution in [3.8, 4) is 16.9 Å². The number of para-hydroxylation sites is 1. The summed E-state index contributed by atoms with van der Waals surface area (Å²) >= 11 is 0. The Labute approximate surface area is 182 Å². The van der Waals surface area contributed by atoms with Gasteiger partial charge in [0.1, 0.15) is 0 Å². The monoisotopic (exact) mass is 438 g/mol. The van der Waals surface area contributed by atoms with Crippen molar-refractivity contribution in [2.75, 3.05) is 6.61 Å². The van der Waals surface area contributed by atoms with Crippen LogP contribution in [-0.4, -0.2) is 28.4 Å². The minimum absolute atomic E-state index is 0.148. The second-order valence-electron chi connectivity index (χ2n) is 7.13. The van der Waals surface area contributed by atoms with E-state index in [1.165, 1.54) is 6.07 Å². The minimum atomic E-state index is -1.03. The second-order valence-corrected chi connectivity index (χ2v) is 7.13. The Morgan fingerprint density at radius 1 is 1.16 bits per heavy atom. The Bertz CT molecular complexity index is 1220. The predicted molar refractivity (Wildman–Crippen MR) is 113 cm³/mol. The number of ether oxygens (including phenoxy) is 1. The van der Waals surface area contributed by atoms with Crippen LogP contribution in [0.4, 0.5) is 13.6 Å². The lowest BCUT2D eigenvalue weighted by atomic mass is 9.93. The predicted octanol–water partition coefficient (Wildman–Crippen LogP) is 4.01. The number of carbonyl (C=O) groups excluding carboxylic acids is 2. The number of nitrogens with zero attached hydrogens (tertiary/aromatic N) is 2. The van der Waals surface area contributed by atoms with E-state index in [2.05, 4.69) is 15.7 Å². The van der Waals surface area contributed by atoms with Crippen LogP contribution in [0.15, 0.2) is 66.0 Å². The van der Waals surface area contributed by atoms with Crippen LogP contribution in [0, 0.1) is 11.6 Å². The van der Waals surface area contributed by atoms with Crippen molar-refractivity contribution in [2.45, 2.75) is 19.9 Å². The molecule has 1 unspecified atom stereocenters. The van der Waals surface area contributed by atoms with Gasteiger partial charge < -0.3 is 15.4 Å². The van der Waals surface area contributed by atoms with Gasteiger partial charge in [-0.25, -0.2) is 23.1 Å². The SMILES string of the molecule is CCOC(=O)C1=C(C)NC(=O)NC1c1cn(-c2ccccc2)nc1-c1ccc(F)c(F)c1. The lowest BCUT2D eigenvalue weighted by Gasteiger charge is -2.27. The summed E-state index contributed by atoms with van der Waals surface area (Å²) in [5.41, 5.74) is 2.25. The van der Waals surface area contributed by atoms with Gasteiger partial charge in [0.2, 0.25) is 0 Å². The molecule has 1 aliphatic heterocycles. The molecule has 1 atom stereocenters. The molecule has 9 heteroatoms. The van der Waals surface area contributed by atoms with Crippen LogP contribution in [0.2, 0.25) is 0 Å². The van der Waals surface area contributed by atoms with Crippen LogP contribution in [-0.2, 0) is 9.53 Å². The minimum Gasteiger partial charge on any atom is -0.463 e. The van der Waals surface area contributed by atoms with Crippen LogP contribution in [0.25, 0.3) is 16.9 Å². The molecule has 2 amide bonds. The molecule has 164 valence electrons. The smallest absolute Gasteiger partial charge is 0.338 e. The number of benzene rings is 2. The molecule has 0 spiro atoms. The van der Waals surface area contributed by atoms with Gasteiger partial charge in [0.25, 0.3) is 0 Å². The first-order valence-electron chi connectivity index (χ1n) is 9.94. The molecule has 0 radical (unpaired) electrons. The number of rotatable bonds is 5. The molecule has 32 heavy (non-hydrogen) atoms. The van der Waals surface area contributed by atoms with E-state index < -0.39 is 29.7 Å². The summed E-state index contributed by atoms with van der Waals surface area (Å²) in [5, 5.41) is 9.87. The van der Waals surface area contributed by atoms with Gasteiger partial charge in [0, 0.05) is 23.0 Å². The van der Waals surface area contributed by atoms with E-state index in [1.54, 1.807) is 24.7 Å². The number of hydrogen-bond donors (Lipinski definition) is 2. The molecular weight excluding hydrogens is 418 g/mol. The van der Waals surface area contributed by atoms with Crippen LogP contribution in [0.5, 0.6) is 0 Å². The lowest BCUT2D eigenvalue weighted by molar-refractivity contribution is -0.139. The first-order valence-corrected chi connectivity index (χ1v) is 9.94. The van der Waals surface area contributed by atoms with E-state index in [9.17, 15) is 18.4 Å². The first kappa shape index (κ1) is 21.2. The van der Waals surface area contributed by atoms with E-state index in [0.29, 0.717) is 22.5 Å².